The molecule has 1 N–H and O–H groups in total. The van der Waals surface area contributed by atoms with Crippen LogP contribution >= 0.6 is 0 Å². The Hall–Kier alpha value is -0.160. The van der Waals surface area contributed by atoms with Crippen molar-refractivity contribution in [3.8, 4) is 0 Å². The molecule has 19 heavy (non-hydrogen) atoms. The molecule has 2 aliphatic heterocycles. The summed E-state index contributed by atoms with van der Waals surface area (Å²) in [4.78, 5) is 4.95. The summed E-state index contributed by atoms with van der Waals surface area (Å²) in [6.07, 6.45) is 3.06. The fourth-order valence-corrected chi connectivity index (χ4v) is 3.05. The Labute approximate surface area is 118 Å². The van der Waals surface area contributed by atoms with Crippen molar-refractivity contribution in [2.75, 3.05) is 52.9 Å². The second-order valence-corrected chi connectivity index (χ2v) is 6.49. The molecule has 0 bridgehead atoms. The van der Waals surface area contributed by atoms with Crippen LogP contribution in [0.2, 0.25) is 0 Å². The lowest BCUT2D eigenvalue weighted by Crippen LogP contribution is -2.49. The van der Waals surface area contributed by atoms with Gasteiger partial charge >= 0.3 is 0 Å². The fraction of sp³-hybridized carbons (Fsp3) is 1.00. The van der Waals surface area contributed by atoms with Crippen LogP contribution in [0.1, 0.15) is 26.7 Å². The molecule has 0 aliphatic carbocycles. The minimum Gasteiger partial charge on any atom is -0.374 e. The van der Waals surface area contributed by atoms with Crippen molar-refractivity contribution in [2.45, 2.75) is 38.8 Å². The minimum atomic E-state index is 0.377. The van der Waals surface area contributed by atoms with Gasteiger partial charge < -0.3 is 15.0 Å². The largest absolute Gasteiger partial charge is 0.374 e. The van der Waals surface area contributed by atoms with Gasteiger partial charge in [-0.2, -0.15) is 0 Å². The van der Waals surface area contributed by atoms with Gasteiger partial charge in [-0.05, 0) is 59.3 Å². The highest BCUT2D eigenvalue weighted by molar-refractivity contribution is 4.77. The first-order valence-electron chi connectivity index (χ1n) is 7.90. The zero-order valence-corrected chi connectivity index (χ0v) is 12.9. The molecular formula is C15H31N3O. The van der Waals surface area contributed by atoms with Crippen molar-refractivity contribution < 1.29 is 4.74 Å². The number of rotatable bonds is 5. The van der Waals surface area contributed by atoms with Crippen LogP contribution in [0.3, 0.4) is 0 Å². The molecule has 4 nitrogen and oxygen atoms in total. The van der Waals surface area contributed by atoms with Gasteiger partial charge in [0.05, 0.1) is 12.7 Å². The van der Waals surface area contributed by atoms with Crippen molar-refractivity contribution in [3.05, 3.63) is 0 Å². The molecule has 0 saturated carbocycles. The number of nitrogens with one attached hydrogen (secondary N) is 1. The van der Waals surface area contributed by atoms with E-state index in [4.69, 9.17) is 4.74 Å². The third-order valence-corrected chi connectivity index (χ3v) is 4.54. The lowest BCUT2D eigenvalue weighted by Gasteiger charge is -2.36. The Balaban J connectivity index is 1.60. The summed E-state index contributed by atoms with van der Waals surface area (Å²) in [5.41, 5.74) is 0. The van der Waals surface area contributed by atoms with E-state index in [1.54, 1.807) is 0 Å². The van der Waals surface area contributed by atoms with E-state index in [9.17, 15) is 0 Å². The van der Waals surface area contributed by atoms with Gasteiger partial charge in [-0.1, -0.05) is 0 Å². The molecule has 0 aromatic heterocycles. The van der Waals surface area contributed by atoms with E-state index in [2.05, 4.69) is 36.0 Å². The fourth-order valence-electron chi connectivity index (χ4n) is 3.05. The predicted octanol–water partition coefficient (Wildman–Crippen LogP) is 1.03. The van der Waals surface area contributed by atoms with E-state index >= 15 is 0 Å². The molecule has 112 valence electrons. The highest BCUT2D eigenvalue weighted by Gasteiger charge is 2.22. The molecule has 2 heterocycles. The smallest absolute Gasteiger partial charge is 0.0826 e. The summed E-state index contributed by atoms with van der Waals surface area (Å²) in [7, 11) is 2.22. The number of piperidine rings is 1. The van der Waals surface area contributed by atoms with Crippen LogP contribution in [0.25, 0.3) is 0 Å². The lowest BCUT2D eigenvalue weighted by atomic mass is 9.97. The summed E-state index contributed by atoms with van der Waals surface area (Å²) in [5.74, 6) is 0.862. The molecule has 2 saturated heterocycles. The molecule has 0 aromatic rings. The van der Waals surface area contributed by atoms with Crippen molar-refractivity contribution in [2.24, 2.45) is 5.92 Å². The number of hydrogen-bond acceptors (Lipinski definition) is 4. The van der Waals surface area contributed by atoms with Gasteiger partial charge in [0, 0.05) is 25.7 Å². The minimum absolute atomic E-state index is 0.377. The summed E-state index contributed by atoms with van der Waals surface area (Å²) in [5, 5.41) is 3.63. The third-order valence-electron chi connectivity index (χ3n) is 4.54. The second kappa shape index (κ2) is 7.58. The first-order valence-corrected chi connectivity index (χ1v) is 7.90. The summed E-state index contributed by atoms with van der Waals surface area (Å²) in [6.45, 7) is 12.3. The van der Waals surface area contributed by atoms with Crippen LogP contribution in [-0.4, -0.2) is 74.9 Å². The van der Waals surface area contributed by atoms with Crippen LogP contribution < -0.4 is 5.32 Å². The predicted molar refractivity (Wildman–Crippen MR) is 79.5 cm³/mol. The highest BCUT2D eigenvalue weighted by atomic mass is 16.5. The van der Waals surface area contributed by atoms with Crippen molar-refractivity contribution in [3.63, 3.8) is 0 Å². The highest BCUT2D eigenvalue weighted by Crippen LogP contribution is 2.15. The van der Waals surface area contributed by atoms with E-state index in [1.165, 1.54) is 25.9 Å². The molecule has 2 rings (SSSR count). The van der Waals surface area contributed by atoms with Gasteiger partial charge in [0.15, 0.2) is 0 Å². The second-order valence-electron chi connectivity index (χ2n) is 6.49. The average Bonchev–Trinajstić information content (AvgIpc) is 2.41. The normalized spacial score (nSPS) is 28.1. The van der Waals surface area contributed by atoms with E-state index in [-0.39, 0.29) is 0 Å². The number of hydrogen-bond donors (Lipinski definition) is 1. The average molecular weight is 269 g/mol. The first-order chi connectivity index (χ1) is 9.15. The van der Waals surface area contributed by atoms with Crippen LogP contribution in [0, 0.1) is 5.92 Å². The molecule has 1 unspecified atom stereocenters. The maximum Gasteiger partial charge on any atom is 0.0826 e. The number of nitrogens with zero attached hydrogens (tertiary/aromatic N) is 2. The standard InChI is InChI=1S/C15H31N3O/c1-13(2)18-8-9-19-15(12-18)11-16-10-14-4-6-17(3)7-5-14/h13-16H,4-12H2,1-3H3. The molecule has 2 aliphatic rings. The zero-order chi connectivity index (χ0) is 13.7. The molecule has 0 aromatic carbocycles. The van der Waals surface area contributed by atoms with Crippen LogP contribution in [0.5, 0.6) is 0 Å². The molecular weight excluding hydrogens is 238 g/mol. The third kappa shape index (κ3) is 5.03. The zero-order valence-electron chi connectivity index (χ0n) is 12.9. The maximum absolute atomic E-state index is 5.85. The Morgan fingerprint density at radius 3 is 2.58 bits per heavy atom. The summed E-state index contributed by atoms with van der Waals surface area (Å²) >= 11 is 0. The quantitative estimate of drug-likeness (QED) is 0.807. The van der Waals surface area contributed by atoms with Gasteiger partial charge in [-0.25, -0.2) is 0 Å². The Morgan fingerprint density at radius 2 is 1.89 bits per heavy atom. The maximum atomic E-state index is 5.85. The summed E-state index contributed by atoms with van der Waals surface area (Å²) < 4.78 is 5.85. The lowest BCUT2D eigenvalue weighted by molar-refractivity contribution is -0.0375. The molecule has 0 radical (unpaired) electrons. The summed E-state index contributed by atoms with van der Waals surface area (Å²) in [6, 6.07) is 0.639. The number of likely N-dealkylation sites (tertiary alicyclic amines) is 1. The molecule has 2 fully saturated rings. The van der Waals surface area contributed by atoms with E-state index in [1.807, 2.05) is 0 Å². The molecule has 0 amide bonds. The molecule has 1 atom stereocenters. The Morgan fingerprint density at radius 1 is 1.16 bits per heavy atom. The number of ether oxygens (including phenoxy) is 1. The van der Waals surface area contributed by atoms with Gasteiger partial charge in [0.1, 0.15) is 0 Å². The SMILES string of the molecule is CC(C)N1CCOC(CNCC2CCN(C)CC2)C1. The van der Waals surface area contributed by atoms with E-state index in [0.717, 1.165) is 38.7 Å². The topological polar surface area (TPSA) is 27.7 Å². The van der Waals surface area contributed by atoms with E-state index < -0.39 is 0 Å². The van der Waals surface area contributed by atoms with Crippen LogP contribution in [-0.2, 0) is 4.74 Å². The Bertz CT molecular complexity index is 252. The Kier molecular flexibility index (Phi) is 6.07. The van der Waals surface area contributed by atoms with E-state index in [0.29, 0.717) is 12.1 Å². The molecule has 4 heteroatoms. The van der Waals surface area contributed by atoms with Gasteiger partial charge in [-0.3, -0.25) is 4.90 Å². The van der Waals surface area contributed by atoms with Gasteiger partial charge in [0.25, 0.3) is 0 Å². The van der Waals surface area contributed by atoms with Crippen molar-refractivity contribution >= 4 is 0 Å². The molecule has 0 spiro atoms. The van der Waals surface area contributed by atoms with Crippen molar-refractivity contribution in [1.29, 1.82) is 0 Å². The van der Waals surface area contributed by atoms with Crippen LogP contribution in [0.15, 0.2) is 0 Å². The van der Waals surface area contributed by atoms with Crippen molar-refractivity contribution in [1.82, 2.24) is 15.1 Å². The van der Waals surface area contributed by atoms with Gasteiger partial charge in [0.2, 0.25) is 0 Å². The number of morpholine rings is 1. The van der Waals surface area contributed by atoms with Gasteiger partial charge in [-0.15, -0.1) is 0 Å². The first kappa shape index (κ1) is 15.2. The van der Waals surface area contributed by atoms with Crippen LogP contribution in [0.4, 0.5) is 0 Å². The monoisotopic (exact) mass is 269 g/mol.